The summed E-state index contributed by atoms with van der Waals surface area (Å²) >= 11 is 0. The Bertz CT molecular complexity index is 1120. The lowest BCUT2D eigenvalue weighted by Crippen LogP contribution is -2.46. The number of aromatic nitrogens is 1. The zero-order valence-corrected chi connectivity index (χ0v) is 17.0. The van der Waals surface area contributed by atoms with Crippen LogP contribution in [0.1, 0.15) is 45.7 Å². The van der Waals surface area contributed by atoms with Gasteiger partial charge in [0.05, 0.1) is 0 Å². The van der Waals surface area contributed by atoms with Gasteiger partial charge in [0.1, 0.15) is 22.9 Å². The average Bonchev–Trinajstić information content (AvgIpc) is 3.26. The summed E-state index contributed by atoms with van der Waals surface area (Å²) in [6.07, 6.45) is 4.62. The number of likely N-dealkylation sites (N-methyl/N-ethyl adjacent to an activating group) is 1. The Morgan fingerprint density at radius 1 is 1.39 bits per heavy atom. The van der Waals surface area contributed by atoms with E-state index in [2.05, 4.69) is 10.2 Å². The Hall–Kier alpha value is -3.07. The van der Waals surface area contributed by atoms with Gasteiger partial charge in [0.15, 0.2) is 12.0 Å². The summed E-state index contributed by atoms with van der Waals surface area (Å²) in [5.74, 6) is -2.60. The van der Waals surface area contributed by atoms with E-state index in [9.17, 15) is 28.3 Å². The molecule has 9 heteroatoms. The van der Waals surface area contributed by atoms with Gasteiger partial charge in [-0.05, 0) is 38.3 Å². The van der Waals surface area contributed by atoms with Crippen LogP contribution in [0.2, 0.25) is 0 Å². The number of nitrogens with one attached hydrogen (secondary N) is 1. The van der Waals surface area contributed by atoms with Crippen LogP contribution >= 0.6 is 0 Å². The number of aldehydes is 1. The molecular weight excluding hydrogens is 408 g/mol. The maximum absolute atomic E-state index is 13.8. The highest BCUT2D eigenvalue weighted by Gasteiger charge is 2.49. The molecule has 2 bridgehead atoms. The molecule has 2 atom stereocenters. The molecule has 7 nitrogen and oxygen atoms in total. The van der Waals surface area contributed by atoms with E-state index in [1.165, 1.54) is 16.8 Å². The summed E-state index contributed by atoms with van der Waals surface area (Å²) in [6, 6.07) is 2.96. The quantitative estimate of drug-likeness (QED) is 0.684. The largest absolute Gasteiger partial charge is 0.503 e. The van der Waals surface area contributed by atoms with E-state index in [4.69, 9.17) is 0 Å². The van der Waals surface area contributed by atoms with Gasteiger partial charge < -0.3 is 15.0 Å². The zero-order valence-electron chi connectivity index (χ0n) is 17.0. The molecule has 2 unspecified atom stereocenters. The molecule has 1 aliphatic carbocycles. The van der Waals surface area contributed by atoms with Crippen molar-refractivity contribution in [3.05, 3.63) is 63.1 Å². The van der Waals surface area contributed by atoms with Crippen LogP contribution in [0.15, 0.2) is 29.2 Å². The minimum absolute atomic E-state index is 0.0484. The maximum atomic E-state index is 13.8. The van der Waals surface area contributed by atoms with E-state index in [0.717, 1.165) is 31.9 Å². The predicted molar refractivity (Wildman–Crippen MR) is 108 cm³/mol. The molecule has 1 aliphatic heterocycles. The lowest BCUT2D eigenvalue weighted by atomic mass is 9.96. The standard InChI is InChI=1S/C22H23F2N3O4/c1-26-9-13-4-5-22(26,7-13)12-27-10-16(19(29)20(30)18(27)11-28)21(31)25-8-14-2-3-15(23)6-17(14)24/h2-3,6,10-11,13,30H,4-5,7-9,12H2,1H3,(H,25,31). The minimum atomic E-state index is -0.975. The van der Waals surface area contributed by atoms with Crippen LogP contribution in [0.5, 0.6) is 5.75 Å². The number of halogens is 2. The number of benzene rings is 1. The first-order valence-electron chi connectivity index (χ1n) is 10.1. The highest BCUT2D eigenvalue weighted by atomic mass is 19.1. The van der Waals surface area contributed by atoms with Crippen molar-refractivity contribution in [3.8, 4) is 5.75 Å². The summed E-state index contributed by atoms with van der Waals surface area (Å²) in [6.45, 7) is 1.03. The number of piperidine rings is 1. The molecule has 164 valence electrons. The first kappa shape index (κ1) is 21.2. The van der Waals surface area contributed by atoms with Gasteiger partial charge in [-0.15, -0.1) is 0 Å². The lowest BCUT2D eigenvalue weighted by Gasteiger charge is -2.37. The molecule has 4 rings (SSSR count). The summed E-state index contributed by atoms with van der Waals surface area (Å²) < 4.78 is 28.3. The van der Waals surface area contributed by atoms with Gasteiger partial charge in [-0.3, -0.25) is 19.3 Å². The minimum Gasteiger partial charge on any atom is -0.503 e. The van der Waals surface area contributed by atoms with Crippen LogP contribution in [-0.2, 0) is 13.1 Å². The Morgan fingerprint density at radius 2 is 2.16 bits per heavy atom. The second-order valence-electron chi connectivity index (χ2n) is 8.48. The van der Waals surface area contributed by atoms with Crippen molar-refractivity contribution in [2.45, 2.75) is 37.9 Å². The molecule has 2 N–H and O–H groups in total. The number of rotatable bonds is 6. The number of nitrogens with zero attached hydrogens (tertiary/aromatic N) is 2. The molecule has 2 aliphatic rings. The zero-order chi connectivity index (χ0) is 22.3. The average molecular weight is 431 g/mol. The smallest absolute Gasteiger partial charge is 0.257 e. The second kappa shape index (κ2) is 7.88. The van der Waals surface area contributed by atoms with Crippen LogP contribution in [0.25, 0.3) is 0 Å². The van der Waals surface area contributed by atoms with Crippen molar-refractivity contribution in [2.24, 2.45) is 5.92 Å². The summed E-state index contributed by atoms with van der Waals surface area (Å²) in [5, 5.41) is 12.7. The molecule has 1 aromatic heterocycles. The van der Waals surface area contributed by atoms with Crippen LogP contribution in [-0.4, -0.2) is 45.9 Å². The Morgan fingerprint density at radius 3 is 2.77 bits per heavy atom. The van der Waals surface area contributed by atoms with Crippen molar-refractivity contribution in [1.29, 1.82) is 0 Å². The fraction of sp³-hybridized carbons (Fsp3) is 0.409. The van der Waals surface area contributed by atoms with E-state index in [-0.39, 0.29) is 28.9 Å². The molecule has 1 amide bonds. The fourth-order valence-corrected chi connectivity index (χ4v) is 4.89. The monoisotopic (exact) mass is 431 g/mol. The third kappa shape index (κ3) is 3.74. The number of hydrogen-bond donors (Lipinski definition) is 2. The van der Waals surface area contributed by atoms with Gasteiger partial charge in [-0.25, -0.2) is 8.78 Å². The molecule has 1 aromatic carbocycles. The number of pyridine rings is 1. The fourth-order valence-electron chi connectivity index (χ4n) is 4.89. The molecule has 31 heavy (non-hydrogen) atoms. The predicted octanol–water partition coefficient (Wildman–Crippen LogP) is 2.06. The van der Waals surface area contributed by atoms with Gasteiger partial charge >= 0.3 is 0 Å². The molecule has 2 heterocycles. The maximum Gasteiger partial charge on any atom is 0.257 e. The topological polar surface area (TPSA) is 91.6 Å². The van der Waals surface area contributed by atoms with Gasteiger partial charge in [-0.1, -0.05) is 6.07 Å². The van der Waals surface area contributed by atoms with Gasteiger partial charge in [0.2, 0.25) is 5.43 Å². The Labute approximate surface area is 177 Å². The number of likely N-dealkylation sites (tertiary alicyclic amines) is 1. The van der Waals surface area contributed by atoms with E-state index in [0.29, 0.717) is 24.8 Å². The summed E-state index contributed by atoms with van der Waals surface area (Å²) in [4.78, 5) is 39.0. The Balaban J connectivity index is 1.62. The van der Waals surface area contributed by atoms with Crippen LogP contribution in [0, 0.1) is 17.6 Å². The first-order valence-corrected chi connectivity index (χ1v) is 10.1. The van der Waals surface area contributed by atoms with Crippen molar-refractivity contribution >= 4 is 12.2 Å². The van der Waals surface area contributed by atoms with Crippen molar-refractivity contribution in [2.75, 3.05) is 13.6 Å². The molecular formula is C22H23F2N3O4. The summed E-state index contributed by atoms with van der Waals surface area (Å²) in [5.41, 5.74) is -1.65. The van der Waals surface area contributed by atoms with Crippen LogP contribution in [0.3, 0.4) is 0 Å². The lowest BCUT2D eigenvalue weighted by molar-refractivity contribution is 0.0943. The molecule has 1 saturated heterocycles. The Kier molecular flexibility index (Phi) is 5.38. The highest BCUT2D eigenvalue weighted by molar-refractivity contribution is 5.95. The molecule has 0 radical (unpaired) electrons. The van der Waals surface area contributed by atoms with Crippen LogP contribution < -0.4 is 10.7 Å². The normalized spacial score (nSPS) is 22.6. The van der Waals surface area contributed by atoms with Gasteiger partial charge in [0, 0.05) is 43.0 Å². The van der Waals surface area contributed by atoms with Crippen LogP contribution in [0.4, 0.5) is 8.78 Å². The van der Waals surface area contributed by atoms with Gasteiger partial charge in [0.25, 0.3) is 5.91 Å². The molecule has 0 spiro atoms. The van der Waals surface area contributed by atoms with E-state index in [1.54, 1.807) is 0 Å². The number of aromatic hydroxyl groups is 1. The number of fused-ring (bicyclic) bond motifs is 2. The third-order valence-corrected chi connectivity index (χ3v) is 6.60. The molecule has 2 aromatic rings. The van der Waals surface area contributed by atoms with E-state index in [1.807, 2.05) is 7.05 Å². The number of carbonyl (C=O) groups is 2. The second-order valence-corrected chi connectivity index (χ2v) is 8.48. The third-order valence-electron chi connectivity index (χ3n) is 6.60. The first-order chi connectivity index (χ1) is 14.7. The van der Waals surface area contributed by atoms with Crippen molar-refractivity contribution in [3.63, 3.8) is 0 Å². The van der Waals surface area contributed by atoms with E-state index < -0.39 is 28.7 Å². The van der Waals surface area contributed by atoms with Crippen molar-refractivity contribution in [1.82, 2.24) is 14.8 Å². The highest BCUT2D eigenvalue weighted by Crippen LogP contribution is 2.46. The molecule has 2 fully saturated rings. The molecule has 1 saturated carbocycles. The number of carbonyl (C=O) groups excluding carboxylic acids is 2. The van der Waals surface area contributed by atoms with E-state index >= 15 is 0 Å². The SMILES string of the molecule is CN1CC2CCC1(Cn1cc(C(=O)NCc3ccc(F)cc3F)c(=O)c(O)c1C=O)C2. The number of hydrogen-bond acceptors (Lipinski definition) is 5. The van der Waals surface area contributed by atoms with Crippen molar-refractivity contribution < 1.29 is 23.5 Å². The van der Waals surface area contributed by atoms with Gasteiger partial charge in [-0.2, -0.15) is 0 Å². The summed E-state index contributed by atoms with van der Waals surface area (Å²) in [7, 11) is 2.01. The number of amides is 1.